The quantitative estimate of drug-likeness (QED) is 0.474. The number of nitro groups is 1. The molecule has 5 nitrogen and oxygen atoms in total. The average Bonchev–Trinajstić information content (AvgIpc) is 2.26. The van der Waals surface area contributed by atoms with E-state index in [0.29, 0.717) is 6.07 Å². The van der Waals surface area contributed by atoms with Gasteiger partial charge in [0.05, 0.1) is 17.4 Å². The molecule has 0 saturated carbocycles. The fourth-order valence-corrected chi connectivity index (χ4v) is 1.61. The maximum absolute atomic E-state index is 13.9. The van der Waals surface area contributed by atoms with Crippen LogP contribution >= 0.6 is 0 Å². The first kappa shape index (κ1) is 14.0. The topological polar surface area (TPSA) is 69.4 Å². The van der Waals surface area contributed by atoms with Crippen LogP contribution in [-0.4, -0.2) is 18.0 Å². The average molecular weight is 259 g/mol. The van der Waals surface area contributed by atoms with Crippen LogP contribution in [0.5, 0.6) is 0 Å². The zero-order valence-electron chi connectivity index (χ0n) is 9.99. The first-order chi connectivity index (χ1) is 8.23. The summed E-state index contributed by atoms with van der Waals surface area (Å²) in [7, 11) is 1.07. The molecule has 1 rings (SSSR count). The Morgan fingerprint density at radius 3 is 2.39 bits per heavy atom. The van der Waals surface area contributed by atoms with Crippen molar-refractivity contribution in [3.8, 4) is 0 Å². The predicted octanol–water partition coefficient (Wildman–Crippen LogP) is 2.32. The molecule has 0 fully saturated rings. The van der Waals surface area contributed by atoms with E-state index in [0.717, 1.165) is 13.2 Å². The van der Waals surface area contributed by atoms with Crippen molar-refractivity contribution in [3.63, 3.8) is 0 Å². The highest BCUT2D eigenvalue weighted by Crippen LogP contribution is 2.33. The van der Waals surface area contributed by atoms with Gasteiger partial charge in [-0.3, -0.25) is 14.9 Å². The lowest BCUT2D eigenvalue weighted by atomic mass is 9.83. The molecule has 0 radical (unpaired) electrons. The Morgan fingerprint density at radius 1 is 1.39 bits per heavy atom. The van der Waals surface area contributed by atoms with Gasteiger partial charge in [0.25, 0.3) is 0 Å². The standard InChI is InChI=1S/C11H11F2NO4/c1-11(2,10(15)18-3)8-6(12)4-5-7(9(8)13)14(16)17/h4-5H,1-3H3. The van der Waals surface area contributed by atoms with E-state index in [2.05, 4.69) is 4.74 Å². The van der Waals surface area contributed by atoms with Crippen molar-refractivity contribution in [3.05, 3.63) is 39.4 Å². The van der Waals surface area contributed by atoms with Crippen molar-refractivity contribution in [1.29, 1.82) is 0 Å². The number of carbonyl (C=O) groups excluding carboxylic acids is 1. The van der Waals surface area contributed by atoms with Crippen LogP contribution in [-0.2, 0) is 14.9 Å². The first-order valence-corrected chi connectivity index (χ1v) is 4.94. The minimum absolute atomic E-state index is 0.677. The van der Waals surface area contributed by atoms with Gasteiger partial charge in [-0.25, -0.2) is 4.39 Å². The zero-order chi connectivity index (χ0) is 14.1. The van der Waals surface area contributed by atoms with Crippen LogP contribution in [0.1, 0.15) is 19.4 Å². The Labute approximate surface area is 102 Å². The van der Waals surface area contributed by atoms with Crippen LogP contribution in [0.4, 0.5) is 14.5 Å². The fraction of sp³-hybridized carbons (Fsp3) is 0.364. The minimum atomic E-state index is -1.66. The molecule has 0 saturated heterocycles. The van der Waals surface area contributed by atoms with Crippen LogP contribution < -0.4 is 0 Å². The summed E-state index contributed by atoms with van der Waals surface area (Å²) < 4.78 is 31.9. The number of methoxy groups -OCH3 is 1. The van der Waals surface area contributed by atoms with Crippen molar-refractivity contribution < 1.29 is 23.2 Å². The van der Waals surface area contributed by atoms with Gasteiger partial charge >= 0.3 is 11.7 Å². The van der Waals surface area contributed by atoms with Crippen molar-refractivity contribution >= 4 is 11.7 Å². The summed E-state index contributed by atoms with van der Waals surface area (Å²) in [4.78, 5) is 21.1. The third-order valence-electron chi connectivity index (χ3n) is 2.59. The van der Waals surface area contributed by atoms with Gasteiger partial charge in [-0.1, -0.05) is 0 Å². The number of benzene rings is 1. The van der Waals surface area contributed by atoms with E-state index < -0.39 is 39.2 Å². The number of halogens is 2. The Kier molecular flexibility index (Phi) is 3.64. The van der Waals surface area contributed by atoms with E-state index in [1.807, 2.05) is 0 Å². The second kappa shape index (κ2) is 4.67. The summed E-state index contributed by atoms with van der Waals surface area (Å²) in [6.07, 6.45) is 0. The van der Waals surface area contributed by atoms with Gasteiger partial charge < -0.3 is 4.74 Å². The predicted molar refractivity (Wildman–Crippen MR) is 58.1 cm³/mol. The van der Waals surface area contributed by atoms with Gasteiger partial charge in [0.2, 0.25) is 5.82 Å². The number of hydrogen-bond acceptors (Lipinski definition) is 4. The fourth-order valence-electron chi connectivity index (χ4n) is 1.61. The molecule has 0 bridgehead atoms. The molecule has 1 aromatic rings. The van der Waals surface area contributed by atoms with Crippen molar-refractivity contribution in [1.82, 2.24) is 0 Å². The number of esters is 1. The van der Waals surface area contributed by atoms with Gasteiger partial charge in [-0.05, 0) is 19.9 Å². The molecule has 0 N–H and O–H groups in total. The largest absolute Gasteiger partial charge is 0.468 e. The van der Waals surface area contributed by atoms with E-state index in [1.165, 1.54) is 13.8 Å². The molecule has 18 heavy (non-hydrogen) atoms. The molecular formula is C11H11F2NO4. The maximum Gasteiger partial charge on any atom is 0.315 e. The molecule has 98 valence electrons. The molecule has 0 atom stereocenters. The Morgan fingerprint density at radius 2 is 1.94 bits per heavy atom. The van der Waals surface area contributed by atoms with Gasteiger partial charge in [0.15, 0.2) is 0 Å². The number of ether oxygens (including phenoxy) is 1. The molecule has 0 aliphatic heterocycles. The van der Waals surface area contributed by atoms with Crippen molar-refractivity contribution in [2.45, 2.75) is 19.3 Å². The third-order valence-corrected chi connectivity index (χ3v) is 2.59. The first-order valence-electron chi connectivity index (χ1n) is 4.94. The number of nitrogens with zero attached hydrogens (tertiary/aromatic N) is 1. The van der Waals surface area contributed by atoms with Crippen LogP contribution in [0, 0.1) is 21.7 Å². The van der Waals surface area contributed by atoms with Gasteiger partial charge in [-0.15, -0.1) is 0 Å². The summed E-state index contributed by atoms with van der Waals surface area (Å²) in [5.41, 5.74) is -3.22. The van der Waals surface area contributed by atoms with E-state index in [1.54, 1.807) is 0 Å². The van der Waals surface area contributed by atoms with E-state index in [9.17, 15) is 23.7 Å². The van der Waals surface area contributed by atoms with Crippen LogP contribution in [0.15, 0.2) is 12.1 Å². The molecule has 0 unspecified atom stereocenters. The lowest BCUT2D eigenvalue weighted by Gasteiger charge is -2.22. The second-order valence-electron chi connectivity index (χ2n) is 4.13. The molecule has 7 heteroatoms. The zero-order valence-corrected chi connectivity index (χ0v) is 9.99. The molecule has 0 heterocycles. The van der Waals surface area contributed by atoms with Crippen molar-refractivity contribution in [2.75, 3.05) is 7.11 Å². The molecule has 0 aromatic heterocycles. The summed E-state index contributed by atoms with van der Waals surface area (Å²) in [6, 6.07) is 1.46. The number of rotatable bonds is 3. The van der Waals surface area contributed by atoms with Crippen LogP contribution in [0.25, 0.3) is 0 Å². The summed E-state index contributed by atoms with van der Waals surface area (Å²) >= 11 is 0. The van der Waals surface area contributed by atoms with Crippen LogP contribution in [0.3, 0.4) is 0 Å². The number of carbonyl (C=O) groups is 1. The summed E-state index contributed by atoms with van der Waals surface area (Å²) in [5, 5.41) is 10.6. The maximum atomic E-state index is 13.9. The summed E-state index contributed by atoms with van der Waals surface area (Å²) in [6.45, 7) is 2.45. The molecule has 0 aliphatic rings. The normalized spacial score (nSPS) is 11.2. The van der Waals surface area contributed by atoms with Crippen LogP contribution in [0.2, 0.25) is 0 Å². The number of nitro benzene ring substituents is 1. The second-order valence-corrected chi connectivity index (χ2v) is 4.13. The Hall–Kier alpha value is -2.05. The molecule has 0 aliphatic carbocycles. The third kappa shape index (κ3) is 2.15. The van der Waals surface area contributed by atoms with E-state index in [-0.39, 0.29) is 0 Å². The Bertz CT molecular complexity index is 514. The van der Waals surface area contributed by atoms with Gasteiger partial charge in [0.1, 0.15) is 5.82 Å². The Balaban J connectivity index is 3.54. The number of hydrogen-bond donors (Lipinski definition) is 0. The monoisotopic (exact) mass is 259 g/mol. The van der Waals surface area contributed by atoms with E-state index in [4.69, 9.17) is 0 Å². The lowest BCUT2D eigenvalue weighted by Crippen LogP contribution is -2.32. The highest BCUT2D eigenvalue weighted by atomic mass is 19.1. The van der Waals surface area contributed by atoms with Gasteiger partial charge in [-0.2, -0.15) is 4.39 Å². The SMILES string of the molecule is COC(=O)C(C)(C)c1c(F)ccc([N+](=O)[O-])c1F. The molecule has 0 spiro atoms. The smallest absolute Gasteiger partial charge is 0.315 e. The van der Waals surface area contributed by atoms with E-state index >= 15 is 0 Å². The van der Waals surface area contributed by atoms with Gasteiger partial charge in [0, 0.05) is 11.6 Å². The van der Waals surface area contributed by atoms with Crippen molar-refractivity contribution in [2.24, 2.45) is 0 Å². The highest BCUT2D eigenvalue weighted by molar-refractivity contribution is 5.82. The molecule has 1 aromatic carbocycles. The molecular weight excluding hydrogens is 248 g/mol. The minimum Gasteiger partial charge on any atom is -0.468 e. The summed E-state index contributed by atoms with van der Waals surface area (Å²) in [5.74, 6) is -3.29. The lowest BCUT2D eigenvalue weighted by molar-refractivity contribution is -0.387. The molecule has 0 amide bonds. The highest BCUT2D eigenvalue weighted by Gasteiger charge is 2.39.